The highest BCUT2D eigenvalue weighted by Gasteiger charge is 2.67. The molecule has 0 spiro atoms. The van der Waals surface area contributed by atoms with E-state index in [1.807, 2.05) is 12.1 Å². The molecule has 0 unspecified atom stereocenters. The average molecular weight is 318 g/mol. The quantitative estimate of drug-likeness (QED) is 0.599. The van der Waals surface area contributed by atoms with Crippen LogP contribution in [0.1, 0.15) is 24.8 Å². The second-order valence-corrected chi connectivity index (χ2v) is 7.10. The zero-order valence-corrected chi connectivity index (χ0v) is 10.7. The number of benzene rings is 1. The van der Waals surface area contributed by atoms with Gasteiger partial charge in [-0.1, -0.05) is 28.7 Å². The van der Waals surface area contributed by atoms with E-state index >= 15 is 0 Å². The van der Waals surface area contributed by atoms with Crippen LogP contribution in [-0.4, -0.2) is 10.5 Å². The summed E-state index contributed by atoms with van der Waals surface area (Å²) in [6.45, 7) is 0. The molecule has 0 amide bonds. The molecule has 80 valence electrons. The van der Waals surface area contributed by atoms with Crippen molar-refractivity contribution in [2.45, 2.75) is 28.1 Å². The molecule has 15 heavy (non-hydrogen) atoms. The van der Waals surface area contributed by atoms with Gasteiger partial charge in [0, 0.05) is 14.9 Å². The Labute approximate surface area is 102 Å². The summed E-state index contributed by atoms with van der Waals surface area (Å²) < 4.78 is 19.3. The molecule has 3 heteroatoms. The molecular formula is C12H12FIO. The van der Waals surface area contributed by atoms with Gasteiger partial charge in [0.05, 0.1) is 7.11 Å². The smallest absolute Gasteiger partial charge is 0.130 e. The fraction of sp³-hybridized carbons (Fsp3) is 0.500. The highest BCUT2D eigenvalue weighted by atomic mass is 127. The van der Waals surface area contributed by atoms with Crippen molar-refractivity contribution in [3.63, 3.8) is 0 Å². The molecule has 4 rings (SSSR count). The summed E-state index contributed by atoms with van der Waals surface area (Å²) in [7, 11) is 1.56. The van der Waals surface area contributed by atoms with Crippen LogP contribution in [-0.2, 0) is 5.41 Å². The third-order valence-corrected chi connectivity index (χ3v) is 4.86. The lowest BCUT2D eigenvalue weighted by molar-refractivity contribution is 0.0187. The lowest BCUT2D eigenvalue weighted by Crippen LogP contribution is -2.66. The SMILES string of the molecule is COc1ccc(C23CC(I)(C2)C3)c(F)c1. The number of alkyl halides is 1. The van der Waals surface area contributed by atoms with E-state index in [1.165, 1.54) is 6.07 Å². The summed E-state index contributed by atoms with van der Waals surface area (Å²) in [5.74, 6) is 0.500. The van der Waals surface area contributed by atoms with Gasteiger partial charge in [0.25, 0.3) is 0 Å². The van der Waals surface area contributed by atoms with Gasteiger partial charge in [0.15, 0.2) is 0 Å². The lowest BCUT2D eigenvalue weighted by Gasteiger charge is -2.68. The van der Waals surface area contributed by atoms with E-state index in [9.17, 15) is 4.39 Å². The first kappa shape index (κ1) is 9.87. The summed E-state index contributed by atoms with van der Waals surface area (Å²) in [6.07, 6.45) is 3.43. The van der Waals surface area contributed by atoms with Crippen LogP contribution >= 0.6 is 22.6 Å². The molecule has 1 aromatic carbocycles. The topological polar surface area (TPSA) is 9.23 Å². The van der Waals surface area contributed by atoms with E-state index in [-0.39, 0.29) is 11.2 Å². The van der Waals surface area contributed by atoms with Crippen LogP contribution in [0.4, 0.5) is 4.39 Å². The molecule has 0 heterocycles. The molecule has 2 bridgehead atoms. The summed E-state index contributed by atoms with van der Waals surface area (Å²) >= 11 is 2.51. The van der Waals surface area contributed by atoms with Crippen LogP contribution in [0.15, 0.2) is 18.2 Å². The zero-order valence-electron chi connectivity index (χ0n) is 8.52. The summed E-state index contributed by atoms with van der Waals surface area (Å²) in [5.41, 5.74) is 1.05. The predicted molar refractivity (Wildman–Crippen MR) is 65.2 cm³/mol. The number of methoxy groups -OCH3 is 1. The Morgan fingerprint density at radius 1 is 1.33 bits per heavy atom. The molecule has 0 saturated heterocycles. The average Bonchev–Trinajstić information content (AvgIpc) is 2.12. The maximum absolute atomic E-state index is 13.8. The summed E-state index contributed by atoms with van der Waals surface area (Å²) in [4.78, 5) is 0. The Morgan fingerprint density at radius 2 is 2.00 bits per heavy atom. The van der Waals surface area contributed by atoms with Gasteiger partial charge in [-0.2, -0.15) is 0 Å². The van der Waals surface area contributed by atoms with E-state index in [4.69, 9.17) is 4.74 Å². The van der Waals surface area contributed by atoms with Crippen molar-refractivity contribution in [1.29, 1.82) is 0 Å². The van der Waals surface area contributed by atoms with Gasteiger partial charge in [0.1, 0.15) is 11.6 Å². The second kappa shape index (κ2) is 2.87. The van der Waals surface area contributed by atoms with Gasteiger partial charge < -0.3 is 4.74 Å². The summed E-state index contributed by atoms with van der Waals surface area (Å²) in [6, 6.07) is 5.25. The molecule has 0 radical (unpaired) electrons. The molecule has 3 aliphatic rings. The van der Waals surface area contributed by atoms with Crippen LogP contribution in [0.3, 0.4) is 0 Å². The van der Waals surface area contributed by atoms with Crippen molar-refractivity contribution in [2.24, 2.45) is 0 Å². The van der Waals surface area contributed by atoms with Crippen molar-refractivity contribution in [2.75, 3.05) is 7.11 Å². The minimum Gasteiger partial charge on any atom is -0.497 e. The van der Waals surface area contributed by atoms with Crippen LogP contribution in [0.2, 0.25) is 0 Å². The molecule has 0 aliphatic heterocycles. The fourth-order valence-electron chi connectivity index (χ4n) is 3.00. The second-order valence-electron chi connectivity index (χ2n) is 4.81. The number of hydrogen-bond donors (Lipinski definition) is 0. The van der Waals surface area contributed by atoms with Crippen molar-refractivity contribution < 1.29 is 9.13 Å². The maximum atomic E-state index is 13.8. The van der Waals surface area contributed by atoms with Crippen molar-refractivity contribution in [3.8, 4) is 5.75 Å². The van der Waals surface area contributed by atoms with Crippen LogP contribution in [0.5, 0.6) is 5.75 Å². The Morgan fingerprint density at radius 3 is 2.47 bits per heavy atom. The van der Waals surface area contributed by atoms with E-state index in [1.54, 1.807) is 7.11 Å². The Kier molecular flexibility index (Phi) is 1.89. The minimum absolute atomic E-state index is 0.104. The minimum atomic E-state index is -0.104. The highest BCUT2D eigenvalue weighted by molar-refractivity contribution is 14.1. The van der Waals surface area contributed by atoms with Gasteiger partial charge in [0.2, 0.25) is 0 Å². The number of halogens is 2. The van der Waals surface area contributed by atoms with Gasteiger partial charge >= 0.3 is 0 Å². The fourth-order valence-corrected chi connectivity index (χ4v) is 5.19. The first-order chi connectivity index (χ1) is 7.07. The van der Waals surface area contributed by atoms with Crippen molar-refractivity contribution >= 4 is 22.6 Å². The van der Waals surface area contributed by atoms with E-state index in [2.05, 4.69) is 22.6 Å². The molecule has 3 fully saturated rings. The molecule has 0 atom stereocenters. The zero-order chi connectivity index (χ0) is 10.7. The van der Waals surface area contributed by atoms with Crippen LogP contribution < -0.4 is 4.74 Å². The van der Waals surface area contributed by atoms with Crippen molar-refractivity contribution in [1.82, 2.24) is 0 Å². The number of ether oxygens (including phenoxy) is 1. The largest absolute Gasteiger partial charge is 0.497 e. The molecule has 0 N–H and O–H groups in total. The van der Waals surface area contributed by atoms with Crippen molar-refractivity contribution in [3.05, 3.63) is 29.6 Å². The molecule has 3 aliphatic carbocycles. The van der Waals surface area contributed by atoms with E-state index < -0.39 is 0 Å². The Balaban J connectivity index is 1.94. The van der Waals surface area contributed by atoms with Gasteiger partial charge in [-0.05, 0) is 30.9 Å². The molecule has 1 aromatic rings. The predicted octanol–water partition coefficient (Wildman–Crippen LogP) is 3.44. The number of rotatable bonds is 2. The lowest BCUT2D eigenvalue weighted by atomic mass is 9.42. The van der Waals surface area contributed by atoms with Gasteiger partial charge in [-0.15, -0.1) is 0 Å². The van der Waals surface area contributed by atoms with Crippen LogP contribution in [0.25, 0.3) is 0 Å². The highest BCUT2D eigenvalue weighted by Crippen LogP contribution is 2.72. The molecule has 1 nitrogen and oxygen atoms in total. The molecule has 0 aromatic heterocycles. The molecular weight excluding hydrogens is 306 g/mol. The molecule has 3 saturated carbocycles. The third-order valence-electron chi connectivity index (χ3n) is 3.71. The summed E-state index contributed by atoms with van der Waals surface area (Å²) in [5, 5.41) is 0. The van der Waals surface area contributed by atoms with E-state index in [0.29, 0.717) is 9.17 Å². The first-order valence-electron chi connectivity index (χ1n) is 5.10. The normalized spacial score (nSPS) is 36.7. The Hall–Kier alpha value is -0.320. The number of hydrogen-bond acceptors (Lipinski definition) is 1. The maximum Gasteiger partial charge on any atom is 0.130 e. The monoisotopic (exact) mass is 318 g/mol. The Bertz CT molecular complexity index is 410. The van der Waals surface area contributed by atoms with Gasteiger partial charge in [-0.25, -0.2) is 4.39 Å². The van der Waals surface area contributed by atoms with E-state index in [0.717, 1.165) is 24.8 Å². The first-order valence-corrected chi connectivity index (χ1v) is 6.18. The third kappa shape index (κ3) is 1.25. The van der Waals surface area contributed by atoms with Crippen LogP contribution in [0, 0.1) is 5.82 Å². The standard InChI is InChI=1S/C12H12FIO/c1-15-8-2-3-9(10(13)4-8)11-5-12(14,6-11)7-11/h2-4H,5-7H2,1H3. The van der Waals surface area contributed by atoms with Gasteiger partial charge in [-0.3, -0.25) is 0 Å².